The second-order valence-electron chi connectivity index (χ2n) is 4.84. The zero-order chi connectivity index (χ0) is 14.5. The molecule has 0 radical (unpaired) electrons. The number of aryl methyl sites for hydroxylation is 1. The van der Waals surface area contributed by atoms with Crippen LogP contribution < -0.4 is 4.74 Å². The molecule has 2 aromatic rings. The van der Waals surface area contributed by atoms with Gasteiger partial charge in [-0.2, -0.15) is 0 Å². The van der Waals surface area contributed by atoms with Gasteiger partial charge < -0.3 is 9.15 Å². The smallest absolute Gasteiger partial charge is 0.221 e. The quantitative estimate of drug-likeness (QED) is 0.601. The van der Waals surface area contributed by atoms with Crippen molar-refractivity contribution < 1.29 is 13.9 Å². The molecule has 104 valence electrons. The van der Waals surface area contributed by atoms with E-state index in [0.29, 0.717) is 5.76 Å². The van der Waals surface area contributed by atoms with Crippen LogP contribution >= 0.6 is 0 Å². The van der Waals surface area contributed by atoms with Crippen LogP contribution in [0.3, 0.4) is 0 Å². The van der Waals surface area contributed by atoms with Crippen LogP contribution in [0.5, 0.6) is 5.75 Å². The Kier molecular flexibility index (Phi) is 4.41. The van der Waals surface area contributed by atoms with Crippen LogP contribution in [0.2, 0.25) is 0 Å². The van der Waals surface area contributed by atoms with Gasteiger partial charge in [-0.1, -0.05) is 18.2 Å². The van der Waals surface area contributed by atoms with E-state index in [4.69, 9.17) is 9.15 Å². The summed E-state index contributed by atoms with van der Waals surface area (Å²) in [6.45, 7) is 5.78. The second kappa shape index (κ2) is 6.24. The molecule has 20 heavy (non-hydrogen) atoms. The number of carbonyl (C=O) groups excluding carboxylic acids is 1. The molecule has 3 heteroatoms. The van der Waals surface area contributed by atoms with Gasteiger partial charge in [-0.25, -0.2) is 0 Å². The molecule has 3 nitrogen and oxygen atoms in total. The van der Waals surface area contributed by atoms with E-state index in [1.54, 1.807) is 18.2 Å². The Morgan fingerprint density at radius 2 is 1.85 bits per heavy atom. The minimum absolute atomic E-state index is 0.138. The van der Waals surface area contributed by atoms with E-state index in [-0.39, 0.29) is 11.9 Å². The van der Waals surface area contributed by atoms with Gasteiger partial charge in [0.25, 0.3) is 0 Å². The Morgan fingerprint density at radius 1 is 1.15 bits per heavy atom. The van der Waals surface area contributed by atoms with Crippen molar-refractivity contribution in [2.24, 2.45) is 0 Å². The van der Waals surface area contributed by atoms with Crippen molar-refractivity contribution >= 4 is 11.9 Å². The van der Waals surface area contributed by atoms with Gasteiger partial charge in [0.2, 0.25) is 5.78 Å². The van der Waals surface area contributed by atoms with E-state index >= 15 is 0 Å². The minimum atomic E-state index is -0.138. The maximum atomic E-state index is 11.8. The van der Waals surface area contributed by atoms with Gasteiger partial charge in [0.05, 0.1) is 6.10 Å². The highest BCUT2D eigenvalue weighted by molar-refractivity contribution is 6.04. The Balaban J connectivity index is 2.02. The molecule has 1 heterocycles. The summed E-state index contributed by atoms with van der Waals surface area (Å²) in [5, 5.41) is 0. The molecule has 0 aliphatic heterocycles. The molecule has 0 aliphatic carbocycles. The molecule has 0 spiro atoms. The fourth-order valence-corrected chi connectivity index (χ4v) is 1.75. The van der Waals surface area contributed by atoms with Crippen molar-refractivity contribution in [1.82, 2.24) is 0 Å². The molecule has 0 amide bonds. The summed E-state index contributed by atoms with van der Waals surface area (Å²) in [6.07, 6.45) is 3.43. The van der Waals surface area contributed by atoms with E-state index in [0.717, 1.165) is 17.1 Å². The van der Waals surface area contributed by atoms with Gasteiger partial charge in [0, 0.05) is 0 Å². The molecule has 0 saturated carbocycles. The lowest BCUT2D eigenvalue weighted by molar-refractivity contribution is 0.102. The Morgan fingerprint density at radius 3 is 2.40 bits per heavy atom. The van der Waals surface area contributed by atoms with Crippen molar-refractivity contribution in [1.29, 1.82) is 0 Å². The predicted molar refractivity (Wildman–Crippen MR) is 79.0 cm³/mol. The van der Waals surface area contributed by atoms with Gasteiger partial charge in [0.15, 0.2) is 5.76 Å². The van der Waals surface area contributed by atoms with Gasteiger partial charge >= 0.3 is 0 Å². The van der Waals surface area contributed by atoms with Crippen LogP contribution in [-0.4, -0.2) is 11.9 Å². The summed E-state index contributed by atoms with van der Waals surface area (Å²) in [7, 11) is 0. The van der Waals surface area contributed by atoms with Gasteiger partial charge in [-0.15, -0.1) is 0 Å². The number of benzene rings is 1. The van der Waals surface area contributed by atoms with Crippen LogP contribution in [0.4, 0.5) is 0 Å². The average molecular weight is 270 g/mol. The molecule has 0 atom stereocenters. The van der Waals surface area contributed by atoms with Crippen LogP contribution in [-0.2, 0) is 0 Å². The molecular weight excluding hydrogens is 252 g/mol. The van der Waals surface area contributed by atoms with Crippen LogP contribution in [0.1, 0.15) is 35.7 Å². The van der Waals surface area contributed by atoms with E-state index in [1.165, 1.54) is 6.08 Å². The summed E-state index contributed by atoms with van der Waals surface area (Å²) in [5.41, 5.74) is 0.942. The minimum Gasteiger partial charge on any atom is -0.491 e. The number of furan rings is 1. The Bertz CT molecular complexity index is 603. The molecular formula is C17H18O3. The van der Waals surface area contributed by atoms with Crippen molar-refractivity contribution in [3.8, 4) is 5.75 Å². The van der Waals surface area contributed by atoms with Crippen LogP contribution in [0.25, 0.3) is 6.08 Å². The summed E-state index contributed by atoms with van der Waals surface area (Å²) >= 11 is 0. The van der Waals surface area contributed by atoms with Crippen molar-refractivity contribution in [2.45, 2.75) is 26.9 Å². The lowest BCUT2D eigenvalue weighted by Crippen LogP contribution is -2.05. The normalized spacial score (nSPS) is 11.2. The number of ketones is 1. The Hall–Kier alpha value is -2.29. The summed E-state index contributed by atoms with van der Waals surface area (Å²) in [4.78, 5) is 11.8. The van der Waals surface area contributed by atoms with Gasteiger partial charge in [0.1, 0.15) is 11.5 Å². The largest absolute Gasteiger partial charge is 0.491 e. The topological polar surface area (TPSA) is 39.4 Å². The van der Waals surface area contributed by atoms with Crippen LogP contribution in [0, 0.1) is 6.92 Å². The molecule has 0 aliphatic rings. The molecule has 0 bridgehead atoms. The standard InChI is InChI=1S/C17H18O3/c1-12(2)19-15-8-5-14(6-9-15)7-10-16(18)17-11-4-13(3)20-17/h4-12H,1-3H3/b10-7+. The number of hydrogen-bond donors (Lipinski definition) is 0. The second-order valence-corrected chi connectivity index (χ2v) is 4.84. The van der Waals surface area contributed by atoms with Gasteiger partial charge in [-0.3, -0.25) is 4.79 Å². The number of ether oxygens (including phenoxy) is 1. The maximum absolute atomic E-state index is 11.8. The van der Waals surface area contributed by atoms with E-state index < -0.39 is 0 Å². The fourth-order valence-electron chi connectivity index (χ4n) is 1.75. The Labute approximate surface area is 118 Å². The molecule has 1 aromatic heterocycles. The van der Waals surface area contributed by atoms with Crippen LogP contribution in [0.15, 0.2) is 46.9 Å². The summed E-state index contributed by atoms with van der Waals surface area (Å²) in [5.74, 6) is 1.78. The zero-order valence-electron chi connectivity index (χ0n) is 11.9. The van der Waals surface area contributed by atoms with E-state index in [9.17, 15) is 4.79 Å². The first-order chi connectivity index (χ1) is 9.54. The monoisotopic (exact) mass is 270 g/mol. The SMILES string of the molecule is Cc1ccc(C(=O)/C=C/c2ccc(OC(C)C)cc2)o1. The third-order valence-electron chi connectivity index (χ3n) is 2.66. The maximum Gasteiger partial charge on any atom is 0.221 e. The van der Waals surface area contributed by atoms with E-state index in [1.807, 2.05) is 45.0 Å². The third-order valence-corrected chi connectivity index (χ3v) is 2.66. The number of rotatable bonds is 5. The third kappa shape index (κ3) is 3.85. The molecule has 2 rings (SSSR count). The first-order valence-corrected chi connectivity index (χ1v) is 6.60. The zero-order valence-corrected chi connectivity index (χ0v) is 11.9. The average Bonchev–Trinajstić information content (AvgIpc) is 2.84. The lowest BCUT2D eigenvalue weighted by Gasteiger charge is -2.09. The number of hydrogen-bond acceptors (Lipinski definition) is 3. The van der Waals surface area contributed by atoms with Gasteiger partial charge in [-0.05, 0) is 56.7 Å². The first-order valence-electron chi connectivity index (χ1n) is 6.60. The number of allylic oxidation sites excluding steroid dienone is 1. The fraction of sp³-hybridized carbons (Fsp3) is 0.235. The van der Waals surface area contributed by atoms with Crippen molar-refractivity contribution in [3.05, 3.63) is 59.6 Å². The highest BCUT2D eigenvalue weighted by atomic mass is 16.5. The van der Waals surface area contributed by atoms with E-state index in [2.05, 4.69) is 0 Å². The molecule has 0 N–H and O–H groups in total. The molecule has 0 fully saturated rings. The first kappa shape index (κ1) is 14.1. The summed E-state index contributed by atoms with van der Waals surface area (Å²) in [6, 6.07) is 11.1. The highest BCUT2D eigenvalue weighted by Gasteiger charge is 2.05. The molecule has 0 saturated heterocycles. The molecule has 1 aromatic carbocycles. The summed E-state index contributed by atoms with van der Waals surface area (Å²) < 4.78 is 10.8. The number of carbonyl (C=O) groups is 1. The van der Waals surface area contributed by atoms with Crippen molar-refractivity contribution in [3.63, 3.8) is 0 Å². The predicted octanol–water partition coefficient (Wildman–Crippen LogP) is 4.27. The molecule has 0 unspecified atom stereocenters. The van der Waals surface area contributed by atoms with Crippen molar-refractivity contribution in [2.75, 3.05) is 0 Å². The lowest BCUT2D eigenvalue weighted by atomic mass is 10.1. The highest BCUT2D eigenvalue weighted by Crippen LogP contribution is 2.15.